The summed E-state index contributed by atoms with van der Waals surface area (Å²) >= 11 is 0. The van der Waals surface area contributed by atoms with Crippen LogP contribution in [0.4, 0.5) is 4.79 Å². The van der Waals surface area contributed by atoms with E-state index in [4.69, 9.17) is 4.65 Å². The smallest absolute Gasteiger partial charge is 0.465 e. The van der Waals surface area contributed by atoms with Gasteiger partial charge in [-0.25, -0.2) is 4.79 Å². The van der Waals surface area contributed by atoms with Gasteiger partial charge in [0.2, 0.25) is 0 Å². The second-order valence-electron chi connectivity index (χ2n) is 5.74. The van der Waals surface area contributed by atoms with Crippen LogP contribution in [0.3, 0.4) is 0 Å². The fraction of sp³-hybridized carbons (Fsp3) is 0.462. The molecular weight excluding hydrogens is 245 g/mol. The molecule has 6 heteroatoms. The van der Waals surface area contributed by atoms with Crippen LogP contribution in [0, 0.1) is 0 Å². The Balaban J connectivity index is 2.24. The van der Waals surface area contributed by atoms with Crippen molar-refractivity contribution in [3.63, 3.8) is 0 Å². The maximum absolute atomic E-state index is 11.3. The van der Waals surface area contributed by atoms with E-state index in [-0.39, 0.29) is 0 Å². The molecule has 19 heavy (non-hydrogen) atoms. The first-order valence-electron chi connectivity index (χ1n) is 6.21. The Bertz CT molecular complexity index is 498. The molecule has 0 fully saturated rings. The van der Waals surface area contributed by atoms with Crippen molar-refractivity contribution in [2.45, 2.75) is 39.5 Å². The lowest BCUT2D eigenvalue weighted by molar-refractivity contribution is 0.0956. The van der Waals surface area contributed by atoms with Crippen molar-refractivity contribution in [2.75, 3.05) is 0 Å². The van der Waals surface area contributed by atoms with Crippen molar-refractivity contribution >= 4 is 18.7 Å². The predicted octanol–water partition coefficient (Wildman–Crippen LogP) is 1.18. The monoisotopic (exact) mass is 263 g/mol. The van der Waals surface area contributed by atoms with Crippen molar-refractivity contribution < 1.29 is 19.6 Å². The highest BCUT2D eigenvalue weighted by Crippen LogP contribution is 2.19. The van der Waals surface area contributed by atoms with Crippen LogP contribution in [0.5, 0.6) is 0 Å². The third-order valence-corrected chi connectivity index (χ3v) is 3.25. The van der Waals surface area contributed by atoms with Crippen molar-refractivity contribution in [1.29, 1.82) is 0 Å². The summed E-state index contributed by atoms with van der Waals surface area (Å²) in [5.74, 6) is 0. The zero-order valence-electron chi connectivity index (χ0n) is 11.4. The minimum Gasteiger partial charge on any atom is -0.465 e. The summed E-state index contributed by atoms with van der Waals surface area (Å²) < 4.78 is 5.12. The molecule has 1 aliphatic heterocycles. The highest BCUT2D eigenvalue weighted by Gasteiger charge is 2.29. The molecule has 0 unspecified atom stereocenters. The van der Waals surface area contributed by atoms with E-state index < -0.39 is 18.8 Å². The Labute approximate surface area is 112 Å². The SMILES string of the molecule is CC(C)(C)N(Cc1ccc2c(c1)B(O)OC2)C(=O)O. The van der Waals surface area contributed by atoms with Gasteiger partial charge in [0.1, 0.15) is 0 Å². The third-order valence-electron chi connectivity index (χ3n) is 3.25. The topological polar surface area (TPSA) is 70.0 Å². The predicted molar refractivity (Wildman–Crippen MR) is 72.2 cm³/mol. The minimum absolute atomic E-state index is 0.291. The van der Waals surface area contributed by atoms with E-state index >= 15 is 0 Å². The summed E-state index contributed by atoms with van der Waals surface area (Å²) in [6, 6.07) is 5.57. The lowest BCUT2D eigenvalue weighted by Gasteiger charge is -2.33. The highest BCUT2D eigenvalue weighted by atomic mass is 16.5. The van der Waals surface area contributed by atoms with Gasteiger partial charge in [-0.1, -0.05) is 18.2 Å². The van der Waals surface area contributed by atoms with Crippen LogP contribution in [-0.2, 0) is 17.8 Å². The molecule has 0 aliphatic carbocycles. The van der Waals surface area contributed by atoms with Crippen LogP contribution < -0.4 is 5.46 Å². The fourth-order valence-electron chi connectivity index (χ4n) is 2.14. The number of nitrogens with zero attached hydrogens (tertiary/aromatic N) is 1. The molecule has 0 radical (unpaired) electrons. The molecule has 0 saturated heterocycles. The zero-order valence-corrected chi connectivity index (χ0v) is 11.4. The number of hydrogen-bond acceptors (Lipinski definition) is 3. The van der Waals surface area contributed by atoms with Gasteiger partial charge in [-0.15, -0.1) is 0 Å². The average Bonchev–Trinajstić information content (AvgIpc) is 2.66. The molecule has 0 atom stereocenters. The first-order valence-corrected chi connectivity index (χ1v) is 6.21. The Kier molecular flexibility index (Phi) is 3.56. The summed E-state index contributed by atoms with van der Waals surface area (Å²) in [5, 5.41) is 18.9. The number of amides is 1. The summed E-state index contributed by atoms with van der Waals surface area (Å²) in [5.41, 5.74) is 2.06. The Morgan fingerprint density at radius 3 is 2.74 bits per heavy atom. The number of carbonyl (C=O) groups is 1. The maximum Gasteiger partial charge on any atom is 0.491 e. The quantitative estimate of drug-likeness (QED) is 0.786. The number of hydrogen-bond donors (Lipinski definition) is 2. The van der Waals surface area contributed by atoms with Crippen molar-refractivity contribution in [3.05, 3.63) is 29.3 Å². The number of benzene rings is 1. The van der Waals surface area contributed by atoms with Gasteiger partial charge in [0.05, 0.1) is 6.61 Å². The Morgan fingerprint density at radius 1 is 1.47 bits per heavy atom. The van der Waals surface area contributed by atoms with Gasteiger partial charge < -0.3 is 14.8 Å². The van der Waals surface area contributed by atoms with Crippen LogP contribution in [0.25, 0.3) is 0 Å². The Hall–Kier alpha value is -1.53. The zero-order chi connectivity index (χ0) is 14.2. The molecule has 1 aliphatic rings. The number of fused-ring (bicyclic) bond motifs is 1. The van der Waals surface area contributed by atoms with Gasteiger partial charge in [0.15, 0.2) is 0 Å². The summed E-state index contributed by atoms with van der Waals surface area (Å²) in [4.78, 5) is 12.7. The molecule has 0 bridgehead atoms. The van der Waals surface area contributed by atoms with E-state index in [1.807, 2.05) is 39.0 Å². The highest BCUT2D eigenvalue weighted by molar-refractivity contribution is 6.61. The molecule has 0 spiro atoms. The summed E-state index contributed by atoms with van der Waals surface area (Å²) in [6.07, 6.45) is -0.954. The largest absolute Gasteiger partial charge is 0.491 e. The normalized spacial score (nSPS) is 14.4. The van der Waals surface area contributed by atoms with Gasteiger partial charge in [0.25, 0.3) is 0 Å². The molecule has 1 aromatic carbocycles. The second kappa shape index (κ2) is 4.87. The second-order valence-corrected chi connectivity index (χ2v) is 5.74. The fourth-order valence-corrected chi connectivity index (χ4v) is 2.14. The molecule has 2 rings (SSSR count). The minimum atomic E-state index is -0.954. The number of rotatable bonds is 2. The van der Waals surface area contributed by atoms with E-state index in [9.17, 15) is 14.9 Å². The molecule has 1 amide bonds. The van der Waals surface area contributed by atoms with Gasteiger partial charge in [0, 0.05) is 12.1 Å². The van der Waals surface area contributed by atoms with Crippen LogP contribution in [-0.4, -0.2) is 33.8 Å². The third kappa shape index (κ3) is 2.90. The van der Waals surface area contributed by atoms with Crippen LogP contribution in [0.1, 0.15) is 31.9 Å². The van der Waals surface area contributed by atoms with Gasteiger partial charge in [-0.3, -0.25) is 4.90 Å². The van der Waals surface area contributed by atoms with Gasteiger partial charge in [-0.2, -0.15) is 0 Å². The first kappa shape index (κ1) is 13.9. The van der Waals surface area contributed by atoms with Crippen molar-refractivity contribution in [3.8, 4) is 0 Å². The molecule has 102 valence electrons. The maximum atomic E-state index is 11.3. The first-order chi connectivity index (χ1) is 8.79. The molecule has 1 heterocycles. The lowest BCUT2D eigenvalue weighted by Crippen LogP contribution is -2.44. The summed E-state index contributed by atoms with van der Waals surface area (Å²) in [6.45, 7) is 6.25. The standard InChI is InChI=1S/C13H18BNO4/c1-13(2,3)15(12(16)17)7-9-4-5-10-8-19-14(18)11(10)6-9/h4-6,18H,7-8H2,1-3H3,(H,16,17). The molecule has 2 N–H and O–H groups in total. The van der Waals surface area contributed by atoms with E-state index in [0.717, 1.165) is 16.6 Å². The van der Waals surface area contributed by atoms with Crippen LogP contribution in [0.15, 0.2) is 18.2 Å². The van der Waals surface area contributed by atoms with Crippen molar-refractivity contribution in [1.82, 2.24) is 4.90 Å². The average molecular weight is 263 g/mol. The molecular formula is C13H18BNO4. The Morgan fingerprint density at radius 2 is 2.16 bits per heavy atom. The summed E-state index contributed by atoms with van der Waals surface area (Å²) in [7, 11) is -0.900. The van der Waals surface area contributed by atoms with Crippen molar-refractivity contribution in [2.24, 2.45) is 0 Å². The van der Waals surface area contributed by atoms with E-state index in [1.165, 1.54) is 4.90 Å². The van der Waals surface area contributed by atoms with Gasteiger partial charge in [-0.05, 0) is 37.4 Å². The van der Waals surface area contributed by atoms with E-state index in [0.29, 0.717) is 13.2 Å². The van der Waals surface area contributed by atoms with Gasteiger partial charge >= 0.3 is 13.2 Å². The lowest BCUT2D eigenvalue weighted by atomic mass is 9.78. The van der Waals surface area contributed by atoms with E-state index in [1.54, 1.807) is 0 Å². The molecule has 0 saturated carbocycles. The molecule has 0 aromatic heterocycles. The van der Waals surface area contributed by atoms with Crippen LogP contribution >= 0.6 is 0 Å². The van der Waals surface area contributed by atoms with E-state index in [2.05, 4.69) is 0 Å². The number of carboxylic acid groups (broad SMARTS) is 1. The molecule has 1 aromatic rings. The van der Waals surface area contributed by atoms with Crippen LogP contribution in [0.2, 0.25) is 0 Å². The molecule has 5 nitrogen and oxygen atoms in total.